The first-order valence-electron chi connectivity index (χ1n) is 9.50. The number of benzene rings is 1. The zero-order valence-corrected chi connectivity index (χ0v) is 18.5. The van der Waals surface area contributed by atoms with Gasteiger partial charge in [-0.25, -0.2) is 10.2 Å². The SMILES string of the molecule is COC(=O)c1c(NC(=O)C(=O)NN=C(C)c2ccc(OC)c(OC)c2)sc2c1CCC2. The summed E-state index contributed by atoms with van der Waals surface area (Å²) in [5.74, 6) is -1.33. The number of carbonyl (C=O) groups is 3. The fraction of sp³-hybridized carbons (Fsp3) is 0.333. The third kappa shape index (κ3) is 4.69. The molecular formula is C21H23N3O6S. The molecule has 1 aromatic carbocycles. The maximum absolute atomic E-state index is 12.4. The molecular weight excluding hydrogens is 422 g/mol. The summed E-state index contributed by atoms with van der Waals surface area (Å²) in [5, 5.41) is 6.81. The van der Waals surface area contributed by atoms with Crippen molar-refractivity contribution < 1.29 is 28.6 Å². The highest BCUT2D eigenvalue weighted by atomic mass is 32.1. The number of aryl methyl sites for hydroxylation is 1. The van der Waals surface area contributed by atoms with Gasteiger partial charge in [0.2, 0.25) is 0 Å². The van der Waals surface area contributed by atoms with Crippen LogP contribution in [0.2, 0.25) is 0 Å². The maximum atomic E-state index is 12.4. The summed E-state index contributed by atoms with van der Waals surface area (Å²) in [6.07, 6.45) is 2.53. The van der Waals surface area contributed by atoms with Gasteiger partial charge in [-0.15, -0.1) is 11.3 Å². The number of amides is 2. The molecule has 0 atom stereocenters. The average molecular weight is 445 g/mol. The molecule has 9 nitrogen and oxygen atoms in total. The predicted octanol–water partition coefficient (Wildman–Crippen LogP) is 2.52. The van der Waals surface area contributed by atoms with Crippen LogP contribution in [0.3, 0.4) is 0 Å². The highest BCUT2D eigenvalue weighted by Gasteiger charge is 2.29. The van der Waals surface area contributed by atoms with E-state index in [9.17, 15) is 14.4 Å². The highest BCUT2D eigenvalue weighted by Crippen LogP contribution is 2.39. The molecule has 164 valence electrons. The van der Waals surface area contributed by atoms with Gasteiger partial charge in [0.05, 0.1) is 32.6 Å². The van der Waals surface area contributed by atoms with Gasteiger partial charge in [0, 0.05) is 10.4 Å². The molecule has 1 heterocycles. The molecule has 0 fully saturated rings. The van der Waals surface area contributed by atoms with Crippen molar-refractivity contribution in [2.24, 2.45) is 5.10 Å². The van der Waals surface area contributed by atoms with E-state index < -0.39 is 17.8 Å². The largest absolute Gasteiger partial charge is 0.493 e. The lowest BCUT2D eigenvalue weighted by Crippen LogP contribution is -2.33. The van der Waals surface area contributed by atoms with Crippen molar-refractivity contribution in [3.8, 4) is 11.5 Å². The minimum absolute atomic E-state index is 0.317. The monoisotopic (exact) mass is 445 g/mol. The van der Waals surface area contributed by atoms with E-state index in [-0.39, 0.29) is 0 Å². The number of fused-ring (bicyclic) bond motifs is 1. The van der Waals surface area contributed by atoms with Crippen LogP contribution < -0.4 is 20.2 Å². The summed E-state index contributed by atoms with van der Waals surface area (Å²) < 4.78 is 15.3. The molecule has 0 radical (unpaired) electrons. The van der Waals surface area contributed by atoms with E-state index in [1.54, 1.807) is 25.1 Å². The molecule has 0 spiro atoms. The third-order valence-corrected chi connectivity index (χ3v) is 6.08. The first-order chi connectivity index (χ1) is 14.9. The molecule has 2 N–H and O–H groups in total. The summed E-state index contributed by atoms with van der Waals surface area (Å²) >= 11 is 1.29. The van der Waals surface area contributed by atoms with Crippen LogP contribution >= 0.6 is 11.3 Å². The first kappa shape index (κ1) is 22.3. The molecule has 1 aliphatic carbocycles. The van der Waals surface area contributed by atoms with Gasteiger partial charge in [-0.05, 0) is 49.9 Å². The van der Waals surface area contributed by atoms with Gasteiger partial charge in [-0.3, -0.25) is 9.59 Å². The molecule has 2 amide bonds. The van der Waals surface area contributed by atoms with Crippen LogP contribution in [0, 0.1) is 0 Å². The number of anilines is 1. The fourth-order valence-corrected chi connectivity index (χ4v) is 4.55. The van der Waals surface area contributed by atoms with Crippen molar-refractivity contribution in [1.82, 2.24) is 5.43 Å². The molecule has 0 saturated heterocycles. The Kier molecular flexibility index (Phi) is 6.91. The number of hydrazone groups is 1. The summed E-state index contributed by atoms with van der Waals surface area (Å²) in [6.45, 7) is 1.68. The van der Waals surface area contributed by atoms with Crippen LogP contribution in [0.25, 0.3) is 0 Å². The molecule has 0 saturated carbocycles. The molecule has 0 unspecified atom stereocenters. The molecule has 31 heavy (non-hydrogen) atoms. The molecule has 3 rings (SSSR count). The second kappa shape index (κ2) is 9.61. The molecule has 1 aromatic heterocycles. The van der Waals surface area contributed by atoms with Gasteiger partial charge in [0.1, 0.15) is 5.00 Å². The number of rotatable bonds is 6. The minimum atomic E-state index is -0.954. The number of hydrogen-bond acceptors (Lipinski definition) is 8. The van der Waals surface area contributed by atoms with E-state index in [0.29, 0.717) is 33.3 Å². The molecule has 1 aliphatic rings. The number of methoxy groups -OCH3 is 3. The summed E-state index contributed by atoms with van der Waals surface area (Å²) in [6, 6.07) is 5.17. The van der Waals surface area contributed by atoms with Crippen LogP contribution in [0.15, 0.2) is 23.3 Å². The van der Waals surface area contributed by atoms with Crippen molar-refractivity contribution in [3.05, 3.63) is 39.8 Å². The van der Waals surface area contributed by atoms with Crippen molar-refractivity contribution in [2.75, 3.05) is 26.6 Å². The highest BCUT2D eigenvalue weighted by molar-refractivity contribution is 7.17. The Balaban J connectivity index is 1.70. The minimum Gasteiger partial charge on any atom is -0.493 e. The second-order valence-electron chi connectivity index (χ2n) is 6.72. The topological polar surface area (TPSA) is 115 Å². The van der Waals surface area contributed by atoms with Gasteiger partial charge in [0.25, 0.3) is 0 Å². The van der Waals surface area contributed by atoms with E-state index in [4.69, 9.17) is 14.2 Å². The summed E-state index contributed by atoms with van der Waals surface area (Å²) in [7, 11) is 4.33. The van der Waals surface area contributed by atoms with Gasteiger partial charge >= 0.3 is 17.8 Å². The zero-order chi connectivity index (χ0) is 22.5. The molecule has 10 heteroatoms. The van der Waals surface area contributed by atoms with Gasteiger partial charge in [0.15, 0.2) is 11.5 Å². The van der Waals surface area contributed by atoms with E-state index in [1.807, 2.05) is 0 Å². The third-order valence-electron chi connectivity index (χ3n) is 4.87. The van der Waals surface area contributed by atoms with Crippen LogP contribution in [-0.2, 0) is 27.2 Å². The Bertz CT molecular complexity index is 1060. The number of nitrogens with one attached hydrogen (secondary N) is 2. The van der Waals surface area contributed by atoms with Crippen molar-refractivity contribution in [3.63, 3.8) is 0 Å². The smallest absolute Gasteiger partial charge is 0.341 e. The zero-order valence-electron chi connectivity index (χ0n) is 17.7. The van der Waals surface area contributed by atoms with Crippen LogP contribution in [0.4, 0.5) is 5.00 Å². The quantitative estimate of drug-likeness (QED) is 0.306. The number of hydrogen-bond donors (Lipinski definition) is 2. The van der Waals surface area contributed by atoms with Crippen molar-refractivity contribution in [2.45, 2.75) is 26.2 Å². The van der Waals surface area contributed by atoms with E-state index in [1.165, 1.54) is 32.7 Å². The molecule has 0 aliphatic heterocycles. The van der Waals surface area contributed by atoms with Gasteiger partial charge in [-0.2, -0.15) is 5.10 Å². The van der Waals surface area contributed by atoms with Crippen LogP contribution in [0.5, 0.6) is 11.5 Å². The number of carbonyl (C=O) groups excluding carboxylic acids is 3. The second-order valence-corrected chi connectivity index (χ2v) is 7.82. The Hall–Kier alpha value is -3.40. The lowest BCUT2D eigenvalue weighted by molar-refractivity contribution is -0.136. The van der Waals surface area contributed by atoms with Crippen LogP contribution in [-0.4, -0.2) is 44.8 Å². The Morgan fingerprint density at radius 3 is 2.45 bits per heavy atom. The normalized spacial score (nSPS) is 12.7. The van der Waals surface area contributed by atoms with E-state index in [2.05, 4.69) is 15.8 Å². The van der Waals surface area contributed by atoms with Gasteiger partial charge < -0.3 is 19.5 Å². The Morgan fingerprint density at radius 1 is 1.03 bits per heavy atom. The number of esters is 1. The Labute approximate surface area is 183 Å². The van der Waals surface area contributed by atoms with E-state index in [0.717, 1.165) is 29.7 Å². The molecule has 2 aromatic rings. The maximum Gasteiger partial charge on any atom is 0.341 e. The first-order valence-corrected chi connectivity index (χ1v) is 10.3. The van der Waals surface area contributed by atoms with E-state index >= 15 is 0 Å². The Morgan fingerprint density at radius 2 is 1.77 bits per heavy atom. The summed E-state index contributed by atoms with van der Waals surface area (Å²) in [4.78, 5) is 37.8. The predicted molar refractivity (Wildman–Crippen MR) is 116 cm³/mol. The lowest BCUT2D eigenvalue weighted by atomic mass is 10.1. The number of thiophene rings is 1. The van der Waals surface area contributed by atoms with Gasteiger partial charge in [-0.1, -0.05) is 0 Å². The standard InChI is InChI=1S/C21H23N3O6S/c1-11(12-8-9-14(28-2)15(10-12)29-3)23-24-19(26)18(25)22-20-17(21(27)30-4)13-6-5-7-16(13)31-20/h8-10H,5-7H2,1-4H3,(H,22,25)(H,24,26). The summed E-state index contributed by atoms with van der Waals surface area (Å²) in [5.41, 5.74) is 4.59. The van der Waals surface area contributed by atoms with Crippen molar-refractivity contribution >= 4 is 39.8 Å². The fourth-order valence-electron chi connectivity index (χ4n) is 3.28. The number of ether oxygens (including phenoxy) is 3. The molecule has 0 bridgehead atoms. The van der Waals surface area contributed by atoms with Crippen LogP contribution in [0.1, 0.15) is 39.7 Å². The number of nitrogens with zero attached hydrogens (tertiary/aromatic N) is 1. The average Bonchev–Trinajstić information content (AvgIpc) is 3.36. The lowest BCUT2D eigenvalue weighted by Gasteiger charge is -2.09. The van der Waals surface area contributed by atoms with Crippen molar-refractivity contribution in [1.29, 1.82) is 0 Å².